The maximum atomic E-state index is 2.96. The van der Waals surface area contributed by atoms with Gasteiger partial charge in [0.05, 0.1) is 0 Å². The van der Waals surface area contributed by atoms with E-state index < -0.39 is 0 Å². The van der Waals surface area contributed by atoms with Crippen molar-refractivity contribution in [3.8, 4) is 23.7 Å². The van der Waals surface area contributed by atoms with Gasteiger partial charge in [-0.1, -0.05) is 21.3 Å². The molecule has 0 atom stereocenters. The summed E-state index contributed by atoms with van der Waals surface area (Å²) in [4.78, 5) is 0. The van der Waals surface area contributed by atoms with Crippen LogP contribution in [0.3, 0.4) is 0 Å². The van der Waals surface area contributed by atoms with Gasteiger partial charge in [-0.3, -0.25) is 0 Å². The maximum Gasteiger partial charge on any atom is 0.0146 e. The highest BCUT2D eigenvalue weighted by Crippen LogP contribution is 1.83. The van der Waals surface area contributed by atoms with Crippen LogP contribution >= 0.6 is 0 Å². The second kappa shape index (κ2) is 16.1. The minimum absolute atomic E-state index is 0. The van der Waals surface area contributed by atoms with Crippen molar-refractivity contribution in [3.05, 3.63) is 0 Å². The molecular weight excluding hydrogens is 132 g/mol. The van der Waals surface area contributed by atoms with Crippen LogP contribution < -0.4 is 0 Å². The van der Waals surface area contributed by atoms with E-state index >= 15 is 0 Å². The highest BCUT2D eigenvalue weighted by molar-refractivity contribution is 4.97. The first-order valence-corrected chi connectivity index (χ1v) is 3.44. The Labute approximate surface area is 72.4 Å². The van der Waals surface area contributed by atoms with Crippen LogP contribution in [0.4, 0.5) is 0 Å². The molecule has 0 aliphatic carbocycles. The Morgan fingerprint density at radius 1 is 0.818 bits per heavy atom. The summed E-state index contributed by atoms with van der Waals surface area (Å²) in [5, 5.41) is 0. The van der Waals surface area contributed by atoms with Gasteiger partial charge in [0.25, 0.3) is 0 Å². The molecule has 0 bridgehead atoms. The first-order valence-electron chi connectivity index (χ1n) is 3.44. The Kier molecular flexibility index (Phi) is 24.2. The van der Waals surface area contributed by atoms with Crippen LogP contribution in [-0.2, 0) is 0 Å². The summed E-state index contributed by atoms with van der Waals surface area (Å²) in [6.45, 7) is 9.66. The van der Waals surface area contributed by atoms with Crippen LogP contribution in [0.15, 0.2) is 0 Å². The van der Waals surface area contributed by atoms with Gasteiger partial charge in [-0.2, -0.15) is 0 Å². The smallest absolute Gasteiger partial charge is 0.0146 e. The Bertz CT molecular complexity index is 148. The molecule has 11 heavy (non-hydrogen) atoms. The molecule has 0 spiro atoms. The van der Waals surface area contributed by atoms with E-state index in [1.807, 2.05) is 20.8 Å². The molecule has 0 aliphatic rings. The van der Waals surface area contributed by atoms with Gasteiger partial charge < -0.3 is 0 Å². The Morgan fingerprint density at radius 2 is 1.18 bits per heavy atom. The summed E-state index contributed by atoms with van der Waals surface area (Å²) in [6.07, 6.45) is 0. The van der Waals surface area contributed by atoms with E-state index in [-0.39, 0.29) is 7.43 Å². The van der Waals surface area contributed by atoms with Crippen molar-refractivity contribution in [1.29, 1.82) is 0 Å². The fourth-order valence-electron chi connectivity index (χ4n) is 0.289. The molecule has 0 heteroatoms. The molecule has 0 unspecified atom stereocenters. The molecular formula is C11H20. The maximum absolute atomic E-state index is 2.96. The normalized spacial score (nSPS) is 5.27. The quantitative estimate of drug-likeness (QED) is 0.467. The Hall–Kier alpha value is -0.880. The lowest BCUT2D eigenvalue weighted by Gasteiger charge is -1.82. The van der Waals surface area contributed by atoms with Crippen molar-refractivity contribution in [3.63, 3.8) is 0 Å². The fourth-order valence-corrected chi connectivity index (χ4v) is 0.289. The highest BCUT2D eigenvalue weighted by atomic mass is 13.8. The van der Waals surface area contributed by atoms with Crippen LogP contribution in [-0.4, -0.2) is 0 Å². The second-order valence-corrected chi connectivity index (χ2v) is 2.05. The average Bonchev–Trinajstić information content (AvgIpc) is 1.89. The lowest BCUT2D eigenvalue weighted by molar-refractivity contribution is 0.866. The molecule has 0 heterocycles. The standard InChI is InChI=1S/C6H10.C4H6.CH4/c1-4-5-6(2)3;1-3-4-2;/h6H,1-3H3;1-2H3;1H4. The van der Waals surface area contributed by atoms with E-state index in [0.29, 0.717) is 5.92 Å². The predicted octanol–water partition coefficient (Wildman–Crippen LogP) is 3.33. The van der Waals surface area contributed by atoms with Crippen molar-refractivity contribution < 1.29 is 0 Å². The molecule has 0 nitrogen and oxygen atoms in total. The van der Waals surface area contributed by atoms with Gasteiger partial charge in [0.2, 0.25) is 0 Å². The van der Waals surface area contributed by atoms with Gasteiger partial charge in [0, 0.05) is 5.92 Å². The summed E-state index contributed by atoms with van der Waals surface area (Å²) in [7, 11) is 0. The SMILES string of the molecule is C.CC#CC.CC#CC(C)C. The molecule has 0 aromatic carbocycles. The zero-order valence-electron chi connectivity index (χ0n) is 7.58. The lowest BCUT2D eigenvalue weighted by atomic mass is 10.2. The monoisotopic (exact) mass is 152 g/mol. The number of rotatable bonds is 0. The van der Waals surface area contributed by atoms with Gasteiger partial charge in [0.15, 0.2) is 0 Å². The van der Waals surface area contributed by atoms with Gasteiger partial charge in [0.1, 0.15) is 0 Å². The molecule has 0 aromatic heterocycles. The molecule has 0 aromatic rings. The molecule has 0 radical (unpaired) electrons. The predicted molar refractivity (Wildman–Crippen MR) is 54.1 cm³/mol. The topological polar surface area (TPSA) is 0 Å². The van der Waals surface area contributed by atoms with E-state index in [2.05, 4.69) is 37.5 Å². The molecule has 0 saturated carbocycles. The van der Waals surface area contributed by atoms with Crippen molar-refractivity contribution in [1.82, 2.24) is 0 Å². The minimum atomic E-state index is 0. The number of hydrogen-bond donors (Lipinski definition) is 0. The summed E-state index contributed by atoms with van der Waals surface area (Å²) < 4.78 is 0. The first-order chi connectivity index (χ1) is 4.68. The van der Waals surface area contributed by atoms with Crippen molar-refractivity contribution in [2.24, 2.45) is 5.92 Å². The van der Waals surface area contributed by atoms with E-state index in [1.54, 1.807) is 0 Å². The molecule has 0 fully saturated rings. The van der Waals surface area contributed by atoms with Crippen LogP contribution in [0.2, 0.25) is 0 Å². The average molecular weight is 152 g/mol. The molecule has 0 rings (SSSR count). The summed E-state index contributed by atoms with van der Waals surface area (Å²) in [5.41, 5.74) is 0. The molecule has 0 aliphatic heterocycles. The third-order valence-electron chi connectivity index (χ3n) is 0.683. The van der Waals surface area contributed by atoms with Crippen LogP contribution in [0.5, 0.6) is 0 Å². The minimum Gasteiger partial charge on any atom is -0.107 e. The van der Waals surface area contributed by atoms with Gasteiger partial charge in [-0.15, -0.1) is 23.7 Å². The van der Waals surface area contributed by atoms with Crippen molar-refractivity contribution in [2.45, 2.75) is 42.0 Å². The van der Waals surface area contributed by atoms with E-state index in [4.69, 9.17) is 0 Å². The van der Waals surface area contributed by atoms with E-state index in [1.165, 1.54) is 0 Å². The largest absolute Gasteiger partial charge is 0.107 e. The Morgan fingerprint density at radius 3 is 1.18 bits per heavy atom. The molecule has 0 amide bonds. The van der Waals surface area contributed by atoms with Crippen molar-refractivity contribution in [2.75, 3.05) is 0 Å². The van der Waals surface area contributed by atoms with E-state index in [9.17, 15) is 0 Å². The second-order valence-electron chi connectivity index (χ2n) is 2.05. The van der Waals surface area contributed by atoms with Crippen molar-refractivity contribution >= 4 is 0 Å². The summed E-state index contributed by atoms with van der Waals surface area (Å²) in [6, 6.07) is 0. The van der Waals surface area contributed by atoms with Crippen LogP contribution in [0, 0.1) is 29.6 Å². The number of hydrogen-bond acceptors (Lipinski definition) is 0. The van der Waals surface area contributed by atoms with Gasteiger partial charge >= 0.3 is 0 Å². The first kappa shape index (κ1) is 16.6. The van der Waals surface area contributed by atoms with Gasteiger partial charge in [-0.25, -0.2) is 0 Å². The molecule has 64 valence electrons. The summed E-state index contributed by atoms with van der Waals surface area (Å²) in [5.74, 6) is 11.7. The third-order valence-corrected chi connectivity index (χ3v) is 0.683. The summed E-state index contributed by atoms with van der Waals surface area (Å²) >= 11 is 0. The molecule has 0 saturated heterocycles. The third kappa shape index (κ3) is 47.5. The Balaban J connectivity index is -0.000000114. The zero-order chi connectivity index (χ0) is 8.41. The zero-order valence-corrected chi connectivity index (χ0v) is 7.58. The fraction of sp³-hybridized carbons (Fsp3) is 0.636. The van der Waals surface area contributed by atoms with Crippen LogP contribution in [0.1, 0.15) is 42.0 Å². The lowest BCUT2D eigenvalue weighted by Crippen LogP contribution is -1.74. The molecule has 0 N–H and O–H groups in total. The van der Waals surface area contributed by atoms with Gasteiger partial charge in [-0.05, 0) is 20.8 Å². The van der Waals surface area contributed by atoms with E-state index in [0.717, 1.165) is 0 Å². The van der Waals surface area contributed by atoms with Crippen LogP contribution in [0.25, 0.3) is 0 Å². The highest BCUT2D eigenvalue weighted by Gasteiger charge is 1.75.